The van der Waals surface area contributed by atoms with Gasteiger partial charge in [0, 0.05) is 17.1 Å². The SMILES string of the molecule is COc1ccc([C@H](C)NC(=O)c2ccc(C3SCCS3)cc2)cc1F. The van der Waals surface area contributed by atoms with Crippen LogP contribution in [0.3, 0.4) is 0 Å². The van der Waals surface area contributed by atoms with Crippen LogP contribution in [0.25, 0.3) is 0 Å². The molecule has 0 saturated carbocycles. The number of carbonyl (C=O) groups is 1. The van der Waals surface area contributed by atoms with Crippen LogP contribution >= 0.6 is 23.5 Å². The number of rotatable bonds is 5. The first-order valence-corrected chi connectivity index (χ1v) is 10.2. The van der Waals surface area contributed by atoms with Gasteiger partial charge in [0.1, 0.15) is 0 Å². The third-order valence-corrected chi connectivity index (χ3v) is 7.19. The maximum absolute atomic E-state index is 13.8. The monoisotopic (exact) mass is 377 g/mol. The summed E-state index contributed by atoms with van der Waals surface area (Å²) in [5.74, 6) is 1.95. The topological polar surface area (TPSA) is 38.3 Å². The second kappa shape index (κ2) is 8.15. The summed E-state index contributed by atoms with van der Waals surface area (Å²) in [5, 5.41) is 2.91. The van der Waals surface area contributed by atoms with Gasteiger partial charge in [-0.1, -0.05) is 18.2 Å². The van der Waals surface area contributed by atoms with Gasteiger partial charge in [0.15, 0.2) is 11.6 Å². The van der Waals surface area contributed by atoms with Crippen molar-refractivity contribution in [2.24, 2.45) is 0 Å². The summed E-state index contributed by atoms with van der Waals surface area (Å²) in [6, 6.07) is 12.2. The van der Waals surface area contributed by atoms with Crippen molar-refractivity contribution in [2.75, 3.05) is 18.6 Å². The maximum atomic E-state index is 13.8. The average Bonchev–Trinajstić information content (AvgIpc) is 3.16. The zero-order valence-electron chi connectivity index (χ0n) is 14.1. The molecular weight excluding hydrogens is 357 g/mol. The standard InChI is InChI=1S/C19H20FNO2S2/c1-12(15-7-8-17(23-2)16(20)11-15)21-18(22)13-3-5-14(6-4-13)19-24-9-10-25-19/h3-8,11-12,19H,9-10H2,1-2H3,(H,21,22)/t12-/m0/s1. The first-order valence-electron chi connectivity index (χ1n) is 8.06. The lowest BCUT2D eigenvalue weighted by molar-refractivity contribution is 0.0940. The van der Waals surface area contributed by atoms with Crippen LogP contribution in [0.5, 0.6) is 5.75 Å². The van der Waals surface area contributed by atoms with Crippen LogP contribution in [-0.4, -0.2) is 24.5 Å². The summed E-state index contributed by atoms with van der Waals surface area (Å²) in [7, 11) is 1.43. The molecule has 0 unspecified atom stereocenters. The number of ether oxygens (including phenoxy) is 1. The van der Waals surface area contributed by atoms with Gasteiger partial charge >= 0.3 is 0 Å². The van der Waals surface area contributed by atoms with Crippen LogP contribution in [-0.2, 0) is 0 Å². The smallest absolute Gasteiger partial charge is 0.251 e. The van der Waals surface area contributed by atoms with E-state index in [-0.39, 0.29) is 17.7 Å². The highest BCUT2D eigenvalue weighted by Crippen LogP contribution is 2.45. The van der Waals surface area contributed by atoms with E-state index in [4.69, 9.17) is 4.74 Å². The molecule has 1 N–H and O–H groups in total. The molecule has 1 atom stereocenters. The van der Waals surface area contributed by atoms with Crippen molar-refractivity contribution in [1.29, 1.82) is 0 Å². The van der Waals surface area contributed by atoms with Crippen molar-refractivity contribution in [3.63, 3.8) is 0 Å². The van der Waals surface area contributed by atoms with E-state index in [1.165, 1.54) is 30.2 Å². The molecule has 2 aromatic carbocycles. The molecule has 3 nitrogen and oxygen atoms in total. The van der Waals surface area contributed by atoms with Gasteiger partial charge in [-0.2, -0.15) is 0 Å². The molecule has 1 heterocycles. The minimum absolute atomic E-state index is 0.165. The summed E-state index contributed by atoms with van der Waals surface area (Å²) in [6.07, 6.45) is 0. The first kappa shape index (κ1) is 18.1. The van der Waals surface area contributed by atoms with Gasteiger partial charge in [-0.3, -0.25) is 4.79 Å². The molecule has 1 aliphatic rings. The molecule has 6 heteroatoms. The quantitative estimate of drug-likeness (QED) is 0.812. The number of benzene rings is 2. The summed E-state index contributed by atoms with van der Waals surface area (Å²) < 4.78 is 19.2. The second-order valence-corrected chi connectivity index (χ2v) is 8.51. The van der Waals surface area contributed by atoms with Crippen molar-refractivity contribution >= 4 is 29.4 Å². The third kappa shape index (κ3) is 4.30. The van der Waals surface area contributed by atoms with Gasteiger partial charge in [0.25, 0.3) is 5.91 Å². The number of amides is 1. The number of halogens is 1. The molecule has 0 radical (unpaired) electrons. The number of carbonyl (C=O) groups excluding carboxylic acids is 1. The molecule has 1 fully saturated rings. The Balaban J connectivity index is 1.65. The van der Waals surface area contributed by atoms with E-state index in [1.807, 2.05) is 54.7 Å². The van der Waals surface area contributed by atoms with Crippen LogP contribution in [0.15, 0.2) is 42.5 Å². The van der Waals surface area contributed by atoms with Crippen molar-refractivity contribution < 1.29 is 13.9 Å². The molecule has 0 spiro atoms. The Morgan fingerprint density at radius 1 is 1.20 bits per heavy atom. The summed E-state index contributed by atoms with van der Waals surface area (Å²) >= 11 is 3.88. The Morgan fingerprint density at radius 3 is 2.48 bits per heavy atom. The first-order chi connectivity index (χ1) is 12.1. The summed E-state index contributed by atoms with van der Waals surface area (Å²) in [6.45, 7) is 1.83. The predicted molar refractivity (Wildman–Crippen MR) is 103 cm³/mol. The van der Waals surface area contributed by atoms with Gasteiger partial charge in [0.2, 0.25) is 0 Å². The maximum Gasteiger partial charge on any atom is 0.251 e. The van der Waals surface area contributed by atoms with E-state index < -0.39 is 5.82 Å². The predicted octanol–water partition coefficient (Wildman–Crippen LogP) is 4.80. The fraction of sp³-hybridized carbons (Fsp3) is 0.316. The number of methoxy groups -OCH3 is 1. The molecule has 3 rings (SSSR count). The Morgan fingerprint density at radius 2 is 1.88 bits per heavy atom. The van der Waals surface area contributed by atoms with Gasteiger partial charge in [-0.05, 0) is 42.3 Å². The molecule has 0 aliphatic carbocycles. The molecule has 25 heavy (non-hydrogen) atoms. The fourth-order valence-electron chi connectivity index (χ4n) is 2.66. The van der Waals surface area contributed by atoms with E-state index >= 15 is 0 Å². The Hall–Kier alpha value is -1.66. The number of thioether (sulfide) groups is 2. The van der Waals surface area contributed by atoms with Crippen molar-refractivity contribution in [3.05, 3.63) is 65.0 Å². The van der Waals surface area contributed by atoms with Crippen LogP contribution in [0.4, 0.5) is 4.39 Å². The van der Waals surface area contributed by atoms with Crippen LogP contribution in [0.2, 0.25) is 0 Å². The zero-order chi connectivity index (χ0) is 17.8. The van der Waals surface area contributed by atoms with Crippen LogP contribution in [0, 0.1) is 5.82 Å². The number of hydrogen-bond acceptors (Lipinski definition) is 4. The highest BCUT2D eigenvalue weighted by Gasteiger charge is 2.19. The highest BCUT2D eigenvalue weighted by molar-refractivity contribution is 8.19. The summed E-state index contributed by atoms with van der Waals surface area (Å²) in [5.41, 5.74) is 2.55. The Bertz CT molecular complexity index is 746. The van der Waals surface area contributed by atoms with Gasteiger partial charge in [-0.15, -0.1) is 23.5 Å². The molecule has 1 amide bonds. The van der Waals surface area contributed by atoms with E-state index in [9.17, 15) is 9.18 Å². The minimum atomic E-state index is -0.433. The largest absolute Gasteiger partial charge is 0.494 e. The lowest BCUT2D eigenvalue weighted by Gasteiger charge is -2.16. The van der Waals surface area contributed by atoms with Crippen molar-refractivity contribution in [2.45, 2.75) is 17.5 Å². The third-order valence-electron chi connectivity index (χ3n) is 4.09. The lowest BCUT2D eigenvalue weighted by atomic mass is 10.1. The van der Waals surface area contributed by atoms with Crippen LogP contribution in [0.1, 0.15) is 39.0 Å². The summed E-state index contributed by atoms with van der Waals surface area (Å²) in [4.78, 5) is 12.4. The number of nitrogens with one attached hydrogen (secondary N) is 1. The molecule has 2 aromatic rings. The normalized spacial score (nSPS) is 15.8. The minimum Gasteiger partial charge on any atom is -0.494 e. The van der Waals surface area contributed by atoms with Crippen LogP contribution < -0.4 is 10.1 Å². The van der Waals surface area contributed by atoms with E-state index in [2.05, 4.69) is 5.32 Å². The van der Waals surface area contributed by atoms with Gasteiger partial charge in [-0.25, -0.2) is 4.39 Å². The van der Waals surface area contributed by atoms with Gasteiger partial charge in [0.05, 0.1) is 17.7 Å². The van der Waals surface area contributed by atoms with E-state index in [0.29, 0.717) is 15.7 Å². The molecule has 1 saturated heterocycles. The Labute approximate surface area is 155 Å². The fourth-order valence-corrected chi connectivity index (χ4v) is 5.52. The molecular formula is C19H20FNO2S2. The second-order valence-electron chi connectivity index (χ2n) is 5.78. The van der Waals surface area contributed by atoms with Gasteiger partial charge < -0.3 is 10.1 Å². The van der Waals surface area contributed by atoms with E-state index in [0.717, 1.165) is 0 Å². The zero-order valence-corrected chi connectivity index (χ0v) is 15.8. The average molecular weight is 378 g/mol. The van der Waals surface area contributed by atoms with Crippen molar-refractivity contribution in [3.8, 4) is 5.75 Å². The molecule has 1 aliphatic heterocycles. The molecule has 132 valence electrons. The molecule has 0 bridgehead atoms. The Kier molecular flexibility index (Phi) is 5.91. The highest BCUT2D eigenvalue weighted by atomic mass is 32.2. The number of hydrogen-bond donors (Lipinski definition) is 1. The molecule has 0 aromatic heterocycles. The van der Waals surface area contributed by atoms with Crippen molar-refractivity contribution in [1.82, 2.24) is 5.32 Å². The van der Waals surface area contributed by atoms with E-state index in [1.54, 1.807) is 12.1 Å². The lowest BCUT2D eigenvalue weighted by Crippen LogP contribution is -2.26.